The summed E-state index contributed by atoms with van der Waals surface area (Å²) < 4.78 is 4.52. The van der Waals surface area contributed by atoms with Crippen molar-refractivity contribution in [3.05, 3.63) is 29.3 Å². The number of phenols is 1. The lowest BCUT2D eigenvalue weighted by Crippen LogP contribution is -2.06. The van der Waals surface area contributed by atoms with E-state index in [2.05, 4.69) is 4.74 Å². The third kappa shape index (κ3) is 2.23. The quantitative estimate of drug-likeness (QED) is 0.696. The Balaban J connectivity index is 3.01. The first-order valence-corrected chi connectivity index (χ1v) is 4.29. The van der Waals surface area contributed by atoms with Crippen molar-refractivity contribution in [2.45, 2.75) is 6.42 Å². The fraction of sp³-hybridized carbons (Fsp3) is 0.300. The summed E-state index contributed by atoms with van der Waals surface area (Å²) in [6.45, 7) is 0.505. The van der Waals surface area contributed by atoms with Gasteiger partial charge in [-0.2, -0.15) is 0 Å². The molecular formula is C10H13NO3. The van der Waals surface area contributed by atoms with Gasteiger partial charge in [-0.15, -0.1) is 0 Å². The second kappa shape index (κ2) is 4.62. The van der Waals surface area contributed by atoms with Crippen LogP contribution in [0.2, 0.25) is 0 Å². The largest absolute Gasteiger partial charge is 0.507 e. The number of rotatable bonds is 3. The Bertz CT molecular complexity index is 336. The molecule has 76 valence electrons. The van der Waals surface area contributed by atoms with E-state index < -0.39 is 5.97 Å². The van der Waals surface area contributed by atoms with Crippen molar-refractivity contribution in [1.29, 1.82) is 0 Å². The van der Waals surface area contributed by atoms with Crippen molar-refractivity contribution in [1.82, 2.24) is 0 Å². The molecule has 0 unspecified atom stereocenters. The molecule has 0 aliphatic heterocycles. The lowest BCUT2D eigenvalue weighted by atomic mass is 10.1. The van der Waals surface area contributed by atoms with E-state index >= 15 is 0 Å². The van der Waals surface area contributed by atoms with Crippen LogP contribution in [-0.4, -0.2) is 24.7 Å². The molecule has 0 aliphatic rings. The molecule has 1 rings (SSSR count). The molecule has 0 atom stereocenters. The van der Waals surface area contributed by atoms with Gasteiger partial charge in [0.25, 0.3) is 0 Å². The normalized spacial score (nSPS) is 9.86. The van der Waals surface area contributed by atoms with Gasteiger partial charge in [0, 0.05) is 0 Å². The fourth-order valence-corrected chi connectivity index (χ4v) is 1.18. The number of aromatic hydroxyl groups is 1. The van der Waals surface area contributed by atoms with Crippen molar-refractivity contribution in [3.63, 3.8) is 0 Å². The number of benzene rings is 1. The van der Waals surface area contributed by atoms with Crippen LogP contribution in [0, 0.1) is 0 Å². The molecule has 1 aromatic rings. The highest BCUT2D eigenvalue weighted by molar-refractivity contribution is 5.92. The summed E-state index contributed by atoms with van der Waals surface area (Å²) in [4.78, 5) is 11.2. The van der Waals surface area contributed by atoms with Gasteiger partial charge in [0.05, 0.1) is 7.11 Å². The Morgan fingerprint density at radius 3 is 2.86 bits per heavy atom. The third-order valence-corrected chi connectivity index (χ3v) is 1.90. The Morgan fingerprint density at radius 2 is 2.29 bits per heavy atom. The minimum Gasteiger partial charge on any atom is -0.507 e. The smallest absolute Gasteiger partial charge is 0.341 e. The zero-order valence-electron chi connectivity index (χ0n) is 7.99. The predicted octanol–water partition coefficient (Wildman–Crippen LogP) is 0.680. The maximum atomic E-state index is 11.2. The predicted molar refractivity (Wildman–Crippen MR) is 52.2 cm³/mol. The number of carbonyl (C=O) groups excluding carboxylic acids is 1. The molecule has 0 aromatic heterocycles. The first-order chi connectivity index (χ1) is 6.69. The summed E-state index contributed by atoms with van der Waals surface area (Å²) in [6, 6.07) is 4.79. The van der Waals surface area contributed by atoms with Gasteiger partial charge in [0.1, 0.15) is 11.3 Å². The molecule has 14 heavy (non-hydrogen) atoms. The monoisotopic (exact) mass is 195 g/mol. The molecule has 4 heteroatoms. The van der Waals surface area contributed by atoms with Gasteiger partial charge in [-0.3, -0.25) is 0 Å². The highest BCUT2D eigenvalue weighted by Crippen LogP contribution is 2.19. The van der Waals surface area contributed by atoms with Gasteiger partial charge in [-0.1, -0.05) is 6.07 Å². The van der Waals surface area contributed by atoms with E-state index in [-0.39, 0.29) is 11.3 Å². The van der Waals surface area contributed by atoms with E-state index in [0.29, 0.717) is 13.0 Å². The van der Waals surface area contributed by atoms with Gasteiger partial charge in [-0.05, 0) is 30.7 Å². The molecule has 1 aromatic carbocycles. The molecule has 0 heterocycles. The second-order valence-corrected chi connectivity index (χ2v) is 2.88. The van der Waals surface area contributed by atoms with E-state index in [1.165, 1.54) is 13.2 Å². The topological polar surface area (TPSA) is 72.5 Å². The molecule has 0 spiro atoms. The SMILES string of the molecule is COC(=O)c1cc(CCN)ccc1O. The highest BCUT2D eigenvalue weighted by atomic mass is 16.5. The molecule has 3 N–H and O–H groups in total. The van der Waals surface area contributed by atoms with Crippen LogP contribution in [0.3, 0.4) is 0 Å². The van der Waals surface area contributed by atoms with Crippen molar-refractivity contribution < 1.29 is 14.6 Å². The molecule has 4 nitrogen and oxygen atoms in total. The number of ether oxygens (including phenoxy) is 1. The molecule has 0 bridgehead atoms. The van der Waals surface area contributed by atoms with Crippen LogP contribution in [0.1, 0.15) is 15.9 Å². The van der Waals surface area contributed by atoms with E-state index in [9.17, 15) is 9.90 Å². The number of phenolic OH excluding ortho intramolecular Hbond substituents is 1. The molecular weight excluding hydrogens is 182 g/mol. The number of hydrogen-bond donors (Lipinski definition) is 2. The van der Waals surface area contributed by atoms with E-state index in [0.717, 1.165) is 5.56 Å². The molecule has 0 fully saturated rings. The Kier molecular flexibility index (Phi) is 3.48. The Labute approximate surface area is 82.3 Å². The standard InChI is InChI=1S/C10H13NO3/c1-14-10(13)8-6-7(4-5-11)2-3-9(8)12/h2-3,6,12H,4-5,11H2,1H3. The van der Waals surface area contributed by atoms with Crippen molar-refractivity contribution in [2.24, 2.45) is 5.73 Å². The minimum atomic E-state index is -0.540. The van der Waals surface area contributed by atoms with Crippen LogP contribution in [0.4, 0.5) is 0 Å². The molecule has 0 saturated carbocycles. The summed E-state index contributed by atoms with van der Waals surface area (Å²) in [5, 5.41) is 9.37. The van der Waals surface area contributed by atoms with Gasteiger partial charge in [-0.25, -0.2) is 4.79 Å². The molecule has 0 amide bonds. The van der Waals surface area contributed by atoms with Crippen LogP contribution in [0.15, 0.2) is 18.2 Å². The first kappa shape index (κ1) is 10.5. The average Bonchev–Trinajstić information content (AvgIpc) is 2.20. The van der Waals surface area contributed by atoms with Crippen LogP contribution in [0.25, 0.3) is 0 Å². The van der Waals surface area contributed by atoms with E-state index in [4.69, 9.17) is 5.73 Å². The number of carbonyl (C=O) groups is 1. The Hall–Kier alpha value is -1.55. The number of nitrogens with two attached hydrogens (primary N) is 1. The van der Waals surface area contributed by atoms with E-state index in [1.54, 1.807) is 12.1 Å². The third-order valence-electron chi connectivity index (χ3n) is 1.90. The maximum Gasteiger partial charge on any atom is 0.341 e. The van der Waals surface area contributed by atoms with E-state index in [1.807, 2.05) is 0 Å². The summed E-state index contributed by atoms with van der Waals surface area (Å²) in [6.07, 6.45) is 0.671. The van der Waals surface area contributed by atoms with Crippen molar-refractivity contribution >= 4 is 5.97 Å². The number of hydrogen-bond acceptors (Lipinski definition) is 4. The maximum absolute atomic E-state index is 11.2. The molecule has 0 saturated heterocycles. The molecule has 0 radical (unpaired) electrons. The summed E-state index contributed by atoms with van der Waals surface area (Å²) >= 11 is 0. The number of esters is 1. The zero-order valence-corrected chi connectivity index (χ0v) is 7.99. The van der Waals surface area contributed by atoms with Crippen LogP contribution in [0.5, 0.6) is 5.75 Å². The van der Waals surface area contributed by atoms with Crippen LogP contribution >= 0.6 is 0 Å². The fourth-order valence-electron chi connectivity index (χ4n) is 1.18. The summed E-state index contributed by atoms with van der Waals surface area (Å²) in [5.74, 6) is -0.612. The van der Waals surface area contributed by atoms with Gasteiger partial charge in [0.2, 0.25) is 0 Å². The van der Waals surface area contributed by atoms with Gasteiger partial charge >= 0.3 is 5.97 Å². The zero-order chi connectivity index (χ0) is 10.6. The Morgan fingerprint density at radius 1 is 1.57 bits per heavy atom. The van der Waals surface area contributed by atoms with Crippen LogP contribution in [-0.2, 0) is 11.2 Å². The van der Waals surface area contributed by atoms with Gasteiger partial charge < -0.3 is 15.6 Å². The van der Waals surface area contributed by atoms with Gasteiger partial charge in [0.15, 0.2) is 0 Å². The lowest BCUT2D eigenvalue weighted by Gasteiger charge is -2.05. The summed E-state index contributed by atoms with van der Waals surface area (Å²) in [7, 11) is 1.28. The average molecular weight is 195 g/mol. The summed E-state index contributed by atoms with van der Waals surface area (Å²) in [5.41, 5.74) is 6.47. The van der Waals surface area contributed by atoms with Crippen molar-refractivity contribution in [2.75, 3.05) is 13.7 Å². The minimum absolute atomic E-state index is 0.0716. The lowest BCUT2D eigenvalue weighted by molar-refractivity contribution is 0.0597. The van der Waals surface area contributed by atoms with Crippen molar-refractivity contribution in [3.8, 4) is 5.75 Å². The van der Waals surface area contributed by atoms with Crippen LogP contribution < -0.4 is 5.73 Å². The first-order valence-electron chi connectivity index (χ1n) is 4.29. The molecule has 0 aliphatic carbocycles. The second-order valence-electron chi connectivity index (χ2n) is 2.88. The number of methoxy groups -OCH3 is 1. The highest BCUT2D eigenvalue weighted by Gasteiger charge is 2.11.